The SMILES string of the molecule is CN1CC(c2ccc(C(=O)O)cc2)c2ccccc21. The second-order valence-electron chi connectivity index (χ2n) is 4.92. The Morgan fingerprint density at radius 1 is 1.16 bits per heavy atom. The van der Waals surface area contributed by atoms with Crippen LogP contribution >= 0.6 is 0 Å². The molecule has 3 nitrogen and oxygen atoms in total. The van der Waals surface area contributed by atoms with E-state index in [4.69, 9.17) is 5.11 Å². The Hall–Kier alpha value is -2.29. The van der Waals surface area contributed by atoms with Gasteiger partial charge in [0.15, 0.2) is 0 Å². The fourth-order valence-electron chi connectivity index (χ4n) is 2.74. The lowest BCUT2D eigenvalue weighted by molar-refractivity contribution is 0.0697. The Morgan fingerprint density at radius 2 is 1.84 bits per heavy atom. The second kappa shape index (κ2) is 4.43. The van der Waals surface area contributed by atoms with Crippen molar-refractivity contribution in [3.8, 4) is 0 Å². The summed E-state index contributed by atoms with van der Waals surface area (Å²) in [6, 6.07) is 15.6. The molecule has 3 heteroatoms. The van der Waals surface area contributed by atoms with Gasteiger partial charge in [0.2, 0.25) is 0 Å². The molecule has 2 aromatic rings. The zero-order valence-electron chi connectivity index (χ0n) is 10.7. The number of hydrogen-bond donors (Lipinski definition) is 1. The molecule has 0 saturated heterocycles. The predicted molar refractivity (Wildman–Crippen MR) is 75.0 cm³/mol. The number of nitrogens with zero attached hydrogens (tertiary/aromatic N) is 1. The number of benzene rings is 2. The summed E-state index contributed by atoms with van der Waals surface area (Å²) in [6.07, 6.45) is 0. The Kier molecular flexibility index (Phi) is 2.75. The van der Waals surface area contributed by atoms with Crippen LogP contribution in [0.4, 0.5) is 5.69 Å². The molecule has 96 valence electrons. The van der Waals surface area contributed by atoms with E-state index in [0.29, 0.717) is 11.5 Å². The van der Waals surface area contributed by atoms with E-state index < -0.39 is 5.97 Å². The van der Waals surface area contributed by atoms with E-state index in [2.05, 4.69) is 30.1 Å². The molecule has 1 heterocycles. The summed E-state index contributed by atoms with van der Waals surface area (Å²) in [5.41, 5.74) is 4.08. The molecule has 0 aliphatic carbocycles. The smallest absolute Gasteiger partial charge is 0.335 e. The van der Waals surface area contributed by atoms with Gasteiger partial charge in [-0.1, -0.05) is 30.3 Å². The first-order valence-corrected chi connectivity index (χ1v) is 6.30. The van der Waals surface area contributed by atoms with Crippen LogP contribution in [-0.4, -0.2) is 24.7 Å². The van der Waals surface area contributed by atoms with E-state index in [1.54, 1.807) is 12.1 Å². The standard InChI is InChI=1S/C16H15NO2/c1-17-10-14(13-4-2-3-5-15(13)17)11-6-8-12(9-7-11)16(18)19/h2-9,14H,10H2,1H3,(H,18,19). The highest BCUT2D eigenvalue weighted by Gasteiger charge is 2.27. The minimum absolute atomic E-state index is 0.323. The summed E-state index contributed by atoms with van der Waals surface area (Å²) < 4.78 is 0. The number of hydrogen-bond acceptors (Lipinski definition) is 2. The summed E-state index contributed by atoms with van der Waals surface area (Å²) in [6.45, 7) is 0.936. The molecular weight excluding hydrogens is 238 g/mol. The van der Waals surface area contributed by atoms with Crippen molar-refractivity contribution in [2.24, 2.45) is 0 Å². The van der Waals surface area contributed by atoms with Gasteiger partial charge in [-0.25, -0.2) is 4.79 Å². The van der Waals surface area contributed by atoms with E-state index in [1.807, 2.05) is 18.2 Å². The molecule has 2 aromatic carbocycles. The van der Waals surface area contributed by atoms with E-state index in [9.17, 15) is 4.79 Å². The Labute approximate surface area is 112 Å². The lowest BCUT2D eigenvalue weighted by Gasteiger charge is -2.13. The number of aromatic carboxylic acids is 1. The van der Waals surface area contributed by atoms with E-state index in [1.165, 1.54) is 16.8 Å². The first-order chi connectivity index (χ1) is 9.16. The molecule has 0 radical (unpaired) electrons. The molecule has 0 bridgehead atoms. The van der Waals surface area contributed by atoms with Gasteiger partial charge in [0.25, 0.3) is 0 Å². The fraction of sp³-hybridized carbons (Fsp3) is 0.188. The summed E-state index contributed by atoms with van der Waals surface area (Å²) in [5.74, 6) is -0.556. The van der Waals surface area contributed by atoms with Gasteiger partial charge >= 0.3 is 5.97 Å². The van der Waals surface area contributed by atoms with Crippen LogP contribution in [-0.2, 0) is 0 Å². The van der Waals surface area contributed by atoms with Crippen molar-refractivity contribution in [3.05, 3.63) is 65.2 Å². The highest BCUT2D eigenvalue weighted by Crippen LogP contribution is 2.38. The fourth-order valence-corrected chi connectivity index (χ4v) is 2.74. The number of anilines is 1. The molecule has 1 unspecified atom stereocenters. The van der Waals surface area contributed by atoms with Gasteiger partial charge in [0.1, 0.15) is 0 Å². The minimum atomic E-state index is -0.879. The maximum atomic E-state index is 10.9. The van der Waals surface area contributed by atoms with Crippen molar-refractivity contribution in [3.63, 3.8) is 0 Å². The first-order valence-electron chi connectivity index (χ1n) is 6.30. The molecule has 0 saturated carbocycles. The topological polar surface area (TPSA) is 40.5 Å². The predicted octanol–water partition coefficient (Wildman–Crippen LogP) is 2.97. The van der Waals surface area contributed by atoms with Crippen LogP contribution in [0.2, 0.25) is 0 Å². The van der Waals surface area contributed by atoms with Crippen LogP contribution in [0, 0.1) is 0 Å². The summed E-state index contributed by atoms with van der Waals surface area (Å²) in [7, 11) is 2.09. The zero-order chi connectivity index (χ0) is 13.4. The number of likely N-dealkylation sites (N-methyl/N-ethyl adjacent to an activating group) is 1. The highest BCUT2D eigenvalue weighted by atomic mass is 16.4. The van der Waals surface area contributed by atoms with Crippen LogP contribution in [0.25, 0.3) is 0 Å². The summed E-state index contributed by atoms with van der Waals surface area (Å²) >= 11 is 0. The van der Waals surface area contributed by atoms with Crippen LogP contribution in [0.3, 0.4) is 0 Å². The maximum Gasteiger partial charge on any atom is 0.335 e. The molecule has 19 heavy (non-hydrogen) atoms. The third kappa shape index (κ3) is 1.97. The largest absolute Gasteiger partial charge is 0.478 e. The van der Waals surface area contributed by atoms with Crippen molar-refractivity contribution >= 4 is 11.7 Å². The van der Waals surface area contributed by atoms with Crippen LogP contribution in [0.1, 0.15) is 27.4 Å². The third-order valence-corrected chi connectivity index (χ3v) is 3.74. The second-order valence-corrected chi connectivity index (χ2v) is 4.92. The average molecular weight is 253 g/mol. The van der Waals surface area contributed by atoms with Crippen molar-refractivity contribution in [1.29, 1.82) is 0 Å². The van der Waals surface area contributed by atoms with E-state index in [0.717, 1.165) is 6.54 Å². The number of rotatable bonds is 2. The quantitative estimate of drug-likeness (QED) is 0.894. The van der Waals surface area contributed by atoms with Gasteiger partial charge < -0.3 is 10.0 Å². The molecule has 0 fully saturated rings. The molecule has 1 atom stereocenters. The van der Waals surface area contributed by atoms with Gasteiger partial charge in [-0.15, -0.1) is 0 Å². The van der Waals surface area contributed by atoms with Crippen LogP contribution in [0.5, 0.6) is 0 Å². The summed E-state index contributed by atoms with van der Waals surface area (Å²) in [5, 5.41) is 8.93. The highest BCUT2D eigenvalue weighted by molar-refractivity contribution is 5.87. The lowest BCUT2D eigenvalue weighted by Crippen LogP contribution is -2.15. The lowest BCUT2D eigenvalue weighted by atomic mass is 9.92. The molecule has 0 spiro atoms. The Bertz CT molecular complexity index is 619. The van der Waals surface area contributed by atoms with Gasteiger partial charge in [0, 0.05) is 25.2 Å². The van der Waals surface area contributed by atoms with Gasteiger partial charge in [0.05, 0.1) is 5.56 Å². The molecule has 3 rings (SSSR count). The summed E-state index contributed by atoms with van der Waals surface area (Å²) in [4.78, 5) is 13.1. The van der Waals surface area contributed by atoms with Gasteiger partial charge in [-0.2, -0.15) is 0 Å². The van der Waals surface area contributed by atoms with Crippen molar-refractivity contribution in [2.45, 2.75) is 5.92 Å². The third-order valence-electron chi connectivity index (χ3n) is 3.74. The average Bonchev–Trinajstić information content (AvgIpc) is 2.77. The molecule has 1 aliphatic heterocycles. The van der Waals surface area contributed by atoms with Crippen LogP contribution in [0.15, 0.2) is 48.5 Å². The van der Waals surface area contributed by atoms with Crippen LogP contribution < -0.4 is 4.90 Å². The molecule has 0 amide bonds. The number of fused-ring (bicyclic) bond motifs is 1. The Morgan fingerprint density at radius 3 is 2.53 bits per heavy atom. The normalized spacial score (nSPS) is 17.3. The Balaban J connectivity index is 1.98. The molecule has 1 N–H and O–H groups in total. The monoisotopic (exact) mass is 253 g/mol. The van der Waals surface area contributed by atoms with Gasteiger partial charge in [-0.05, 0) is 29.3 Å². The number of carbonyl (C=O) groups is 1. The molecule has 0 aromatic heterocycles. The van der Waals surface area contributed by atoms with E-state index in [-0.39, 0.29) is 0 Å². The number of para-hydroxylation sites is 1. The first kappa shape index (κ1) is 11.8. The van der Waals surface area contributed by atoms with Crippen molar-refractivity contribution in [1.82, 2.24) is 0 Å². The number of carboxylic acids is 1. The zero-order valence-corrected chi connectivity index (χ0v) is 10.7. The van der Waals surface area contributed by atoms with Crippen molar-refractivity contribution in [2.75, 3.05) is 18.5 Å². The molecule has 1 aliphatic rings. The van der Waals surface area contributed by atoms with Gasteiger partial charge in [-0.3, -0.25) is 0 Å². The molecular formula is C16H15NO2. The van der Waals surface area contributed by atoms with E-state index >= 15 is 0 Å². The van der Waals surface area contributed by atoms with Crippen molar-refractivity contribution < 1.29 is 9.90 Å². The maximum absolute atomic E-state index is 10.9. The minimum Gasteiger partial charge on any atom is -0.478 e. The number of carboxylic acid groups (broad SMARTS) is 1.